The van der Waals surface area contributed by atoms with E-state index in [4.69, 9.17) is 23.2 Å². The monoisotopic (exact) mass is 876 g/mol. The van der Waals surface area contributed by atoms with Crippen LogP contribution in [0.25, 0.3) is 11.3 Å². The van der Waals surface area contributed by atoms with E-state index in [1.165, 1.54) is 0 Å². The average molecular weight is 879 g/mol. The number of pyridine rings is 2. The van der Waals surface area contributed by atoms with Gasteiger partial charge in [0.2, 0.25) is 0 Å². The number of halogens is 5. The van der Waals surface area contributed by atoms with E-state index in [9.17, 15) is 9.59 Å². The van der Waals surface area contributed by atoms with Crippen molar-refractivity contribution in [2.75, 3.05) is 75.2 Å². The Morgan fingerprint density at radius 2 is 0.947 bits per heavy atom. The zero-order valence-corrected chi connectivity index (χ0v) is 35.8. The molecule has 2 aliphatic heterocycles. The van der Waals surface area contributed by atoms with E-state index in [1.807, 2.05) is 36.4 Å². The average Bonchev–Trinajstić information content (AvgIpc) is 3.70. The number of benzene rings is 2. The molecule has 2 aromatic carbocycles. The first-order chi connectivity index (χ1) is 26.4. The van der Waals surface area contributed by atoms with Crippen LogP contribution in [0.5, 0.6) is 0 Å². The van der Waals surface area contributed by atoms with Crippen LogP contribution in [0.2, 0.25) is 10.0 Å². The second kappa shape index (κ2) is 19.8. The summed E-state index contributed by atoms with van der Waals surface area (Å²) in [5.74, 6) is 0.0125. The van der Waals surface area contributed by atoms with Crippen LogP contribution in [0.4, 0.5) is 11.4 Å². The number of rotatable bonds is 12. The summed E-state index contributed by atoms with van der Waals surface area (Å²) < 4.78 is 6.32. The molecule has 6 heterocycles. The Morgan fingerprint density at radius 3 is 1.33 bits per heavy atom. The molecule has 12 nitrogen and oxygen atoms in total. The molecule has 57 heavy (non-hydrogen) atoms. The number of hydrogen-bond acceptors (Lipinski definition) is 8. The highest BCUT2D eigenvalue weighted by Crippen LogP contribution is 2.41. The quantitative estimate of drug-likeness (QED) is 0.139. The minimum absolute atomic E-state index is 0. The summed E-state index contributed by atoms with van der Waals surface area (Å²) in [6, 6.07) is 23.9. The zero-order valence-electron chi connectivity index (χ0n) is 31.8. The molecular weight excluding hydrogens is 830 g/mol. The fraction of sp³-hybridized carbons (Fsp3) is 0.400. The van der Waals surface area contributed by atoms with Gasteiger partial charge in [-0.3, -0.25) is 18.6 Å². The molecule has 6 aromatic rings. The standard InChI is InChI=1S/C40H46Cl2N10O2.3ClH/c1-30(31-10-6-12-33(37(31)41)47-26-22-45(23-27-47)16-8-20-51-39(53)49-18-4-2-14-35(49)43-51)32-11-7-13-34(38(32)42)48-28-24-46(25-29-48)17-9-21-52-40(54)50-19-5-3-15-36(50)44-52;;;/h2-7,10-15,18-19,30H,8-9,16-17,20-29H2,1H3;3*1H. The largest absolute Gasteiger partial charge is 0.368 e. The van der Waals surface area contributed by atoms with E-state index in [1.54, 1.807) is 30.6 Å². The molecule has 0 N–H and O–H groups in total. The lowest BCUT2D eigenvalue weighted by molar-refractivity contribution is 0.248. The summed E-state index contributed by atoms with van der Waals surface area (Å²) in [5.41, 5.74) is 5.45. The highest BCUT2D eigenvalue weighted by molar-refractivity contribution is 6.35. The first-order valence-electron chi connectivity index (χ1n) is 19.0. The van der Waals surface area contributed by atoms with Crippen molar-refractivity contribution >= 4 is 83.1 Å². The molecule has 0 saturated carbocycles. The molecule has 0 bridgehead atoms. The summed E-state index contributed by atoms with van der Waals surface area (Å²) >= 11 is 14.4. The van der Waals surface area contributed by atoms with Crippen molar-refractivity contribution in [1.29, 1.82) is 0 Å². The molecule has 0 spiro atoms. The van der Waals surface area contributed by atoms with Gasteiger partial charge in [-0.25, -0.2) is 19.0 Å². The summed E-state index contributed by atoms with van der Waals surface area (Å²) in [4.78, 5) is 34.9. The number of anilines is 2. The number of fused-ring (bicyclic) bond motifs is 2. The number of hydrogen-bond donors (Lipinski definition) is 0. The van der Waals surface area contributed by atoms with Gasteiger partial charge in [-0.2, -0.15) is 0 Å². The van der Waals surface area contributed by atoms with Crippen LogP contribution >= 0.6 is 60.4 Å². The predicted octanol–water partition coefficient (Wildman–Crippen LogP) is 6.45. The molecule has 4 aromatic heterocycles. The number of aromatic nitrogens is 6. The Balaban J connectivity index is 0.00000207. The number of aryl methyl sites for hydroxylation is 2. The molecule has 8 rings (SSSR count). The minimum Gasteiger partial charge on any atom is -0.368 e. The highest BCUT2D eigenvalue weighted by atomic mass is 35.5. The lowest BCUT2D eigenvalue weighted by Crippen LogP contribution is -2.47. The number of piperazine rings is 2. The van der Waals surface area contributed by atoms with Crippen molar-refractivity contribution in [2.24, 2.45) is 0 Å². The van der Waals surface area contributed by atoms with E-state index >= 15 is 0 Å². The first kappa shape index (κ1) is 44.4. The van der Waals surface area contributed by atoms with Crippen LogP contribution in [0.15, 0.2) is 94.8 Å². The van der Waals surface area contributed by atoms with Gasteiger partial charge in [0.05, 0.1) is 21.4 Å². The van der Waals surface area contributed by atoms with Crippen molar-refractivity contribution in [3.8, 4) is 0 Å². The Bertz CT molecular complexity index is 2200. The van der Waals surface area contributed by atoms with Gasteiger partial charge in [0.25, 0.3) is 0 Å². The molecule has 2 fully saturated rings. The maximum Gasteiger partial charge on any atom is 0.350 e. The summed E-state index contributed by atoms with van der Waals surface area (Å²) in [6.07, 6.45) is 5.25. The minimum atomic E-state index is -0.0884. The van der Waals surface area contributed by atoms with Crippen molar-refractivity contribution in [3.63, 3.8) is 0 Å². The molecule has 306 valence electrons. The van der Waals surface area contributed by atoms with Crippen LogP contribution in [0.3, 0.4) is 0 Å². The molecule has 0 unspecified atom stereocenters. The zero-order chi connectivity index (χ0) is 37.2. The predicted molar refractivity (Wildman–Crippen MR) is 238 cm³/mol. The van der Waals surface area contributed by atoms with Crippen molar-refractivity contribution in [2.45, 2.75) is 38.8 Å². The Kier molecular flexibility index (Phi) is 15.4. The van der Waals surface area contributed by atoms with Gasteiger partial charge in [0.1, 0.15) is 0 Å². The lowest BCUT2D eigenvalue weighted by atomic mass is 9.92. The van der Waals surface area contributed by atoms with Gasteiger partial charge in [-0.1, -0.05) is 66.5 Å². The SMILES string of the molecule is CC(c1cccc(N2CCN(CCCn3nc4ccccn4c3=O)CC2)c1Cl)c1cccc(N2CCN(CCCn3nc4ccccn4c3=O)CC2)c1Cl.Cl.Cl.Cl. The molecule has 2 saturated heterocycles. The van der Waals surface area contributed by atoms with Gasteiger partial charge in [0.15, 0.2) is 11.3 Å². The fourth-order valence-corrected chi connectivity index (χ4v) is 8.76. The van der Waals surface area contributed by atoms with E-state index in [0.29, 0.717) is 24.4 Å². The van der Waals surface area contributed by atoms with E-state index < -0.39 is 0 Å². The van der Waals surface area contributed by atoms with Crippen molar-refractivity contribution in [1.82, 2.24) is 38.2 Å². The second-order valence-electron chi connectivity index (χ2n) is 14.3. The Hall–Kier alpha value is -3.75. The van der Waals surface area contributed by atoms with E-state index in [-0.39, 0.29) is 54.5 Å². The maximum atomic E-state index is 12.6. The molecule has 0 radical (unpaired) electrons. The third-order valence-electron chi connectivity index (χ3n) is 11.0. The van der Waals surface area contributed by atoms with Crippen LogP contribution < -0.4 is 21.2 Å². The summed E-state index contributed by atoms with van der Waals surface area (Å²) in [7, 11) is 0. The Morgan fingerprint density at radius 1 is 0.544 bits per heavy atom. The van der Waals surface area contributed by atoms with Crippen LogP contribution in [-0.4, -0.2) is 104 Å². The summed E-state index contributed by atoms with van der Waals surface area (Å²) in [5, 5.41) is 10.5. The topological polar surface area (TPSA) is 91.6 Å². The fourth-order valence-electron chi connectivity index (χ4n) is 7.94. The lowest BCUT2D eigenvalue weighted by Gasteiger charge is -2.37. The van der Waals surface area contributed by atoms with Crippen LogP contribution in [0, 0.1) is 0 Å². The Labute approximate surface area is 360 Å². The number of nitrogens with zero attached hydrogens (tertiary/aromatic N) is 10. The summed E-state index contributed by atoms with van der Waals surface area (Å²) in [6.45, 7) is 12.5. The normalized spacial score (nSPS) is 15.2. The van der Waals surface area contributed by atoms with Crippen LogP contribution in [-0.2, 0) is 13.1 Å². The molecule has 0 amide bonds. The maximum absolute atomic E-state index is 12.6. The molecule has 0 atom stereocenters. The van der Waals surface area contributed by atoms with Gasteiger partial charge in [0, 0.05) is 96.8 Å². The second-order valence-corrected chi connectivity index (χ2v) is 15.1. The van der Waals surface area contributed by atoms with Gasteiger partial charge >= 0.3 is 11.4 Å². The van der Waals surface area contributed by atoms with Crippen molar-refractivity contribution in [3.05, 3.63) is 127 Å². The van der Waals surface area contributed by atoms with E-state index in [0.717, 1.165) is 111 Å². The third-order valence-corrected chi connectivity index (χ3v) is 11.9. The molecule has 2 aliphatic rings. The van der Waals surface area contributed by atoms with Crippen LogP contribution in [0.1, 0.15) is 36.8 Å². The van der Waals surface area contributed by atoms with Crippen molar-refractivity contribution < 1.29 is 0 Å². The smallest absolute Gasteiger partial charge is 0.350 e. The van der Waals surface area contributed by atoms with Gasteiger partial charge in [-0.05, 0) is 60.4 Å². The van der Waals surface area contributed by atoms with Gasteiger partial charge in [-0.15, -0.1) is 47.4 Å². The molecule has 17 heteroatoms. The highest BCUT2D eigenvalue weighted by Gasteiger charge is 2.25. The first-order valence-corrected chi connectivity index (χ1v) is 19.7. The van der Waals surface area contributed by atoms with E-state index in [2.05, 4.69) is 73.1 Å². The molecule has 0 aliphatic carbocycles. The third kappa shape index (κ3) is 9.44. The molecular formula is C40H49Cl5N10O2. The van der Waals surface area contributed by atoms with Gasteiger partial charge < -0.3 is 9.80 Å².